The highest BCUT2D eigenvalue weighted by Gasteiger charge is 2.15. The Labute approximate surface area is 112 Å². The van der Waals surface area contributed by atoms with Crippen LogP contribution in [0.15, 0.2) is 18.2 Å². The molecular formula is C13H18ClNO3. The Morgan fingerprint density at radius 1 is 1.33 bits per heavy atom. The van der Waals surface area contributed by atoms with E-state index in [4.69, 9.17) is 16.7 Å². The summed E-state index contributed by atoms with van der Waals surface area (Å²) >= 11 is 5.71. The molecule has 0 saturated carbocycles. The molecule has 100 valence electrons. The fraction of sp³-hybridized carbons (Fsp3) is 0.462. The lowest BCUT2D eigenvalue weighted by Crippen LogP contribution is -2.27. The monoisotopic (exact) mass is 271 g/mol. The van der Waals surface area contributed by atoms with Crippen molar-refractivity contribution >= 4 is 17.5 Å². The second-order valence-corrected chi connectivity index (χ2v) is 4.61. The normalized spacial score (nSPS) is 10.4. The highest BCUT2D eigenvalue weighted by atomic mass is 35.5. The second-order valence-electron chi connectivity index (χ2n) is 4.17. The van der Waals surface area contributed by atoms with E-state index in [0.29, 0.717) is 11.6 Å². The van der Waals surface area contributed by atoms with Crippen molar-refractivity contribution in [3.8, 4) is 5.75 Å². The molecule has 1 aromatic carbocycles. The summed E-state index contributed by atoms with van der Waals surface area (Å²) in [5, 5.41) is 18.7. The molecule has 0 aliphatic heterocycles. The standard InChI is InChI=1S/C13H18ClNO3/c1-15(7-3-2-4-8-16)13(18)11-6-5-10(14)9-12(11)17/h5-6,9,16-17H,2-4,7-8H2,1H3. The Balaban J connectivity index is 2.57. The molecule has 2 N–H and O–H groups in total. The first-order chi connectivity index (χ1) is 8.56. The van der Waals surface area contributed by atoms with Crippen LogP contribution in [-0.4, -0.2) is 41.2 Å². The number of aliphatic hydroxyl groups excluding tert-OH is 1. The molecule has 0 saturated heterocycles. The van der Waals surface area contributed by atoms with Crippen molar-refractivity contribution < 1.29 is 15.0 Å². The third-order valence-corrected chi connectivity index (χ3v) is 2.92. The first-order valence-electron chi connectivity index (χ1n) is 5.91. The highest BCUT2D eigenvalue weighted by Crippen LogP contribution is 2.23. The van der Waals surface area contributed by atoms with Crippen LogP contribution >= 0.6 is 11.6 Å². The zero-order valence-corrected chi connectivity index (χ0v) is 11.2. The van der Waals surface area contributed by atoms with E-state index in [1.54, 1.807) is 18.0 Å². The molecule has 18 heavy (non-hydrogen) atoms. The van der Waals surface area contributed by atoms with Gasteiger partial charge in [-0.15, -0.1) is 0 Å². The molecule has 4 nitrogen and oxygen atoms in total. The molecule has 0 atom stereocenters. The first kappa shape index (κ1) is 14.8. The van der Waals surface area contributed by atoms with Crippen LogP contribution in [0.2, 0.25) is 5.02 Å². The van der Waals surface area contributed by atoms with Gasteiger partial charge in [-0.25, -0.2) is 0 Å². The van der Waals surface area contributed by atoms with Crippen molar-refractivity contribution in [1.29, 1.82) is 0 Å². The Kier molecular flexibility index (Phi) is 5.95. The lowest BCUT2D eigenvalue weighted by molar-refractivity contribution is 0.0789. The molecule has 1 aromatic rings. The van der Waals surface area contributed by atoms with E-state index >= 15 is 0 Å². The summed E-state index contributed by atoms with van der Waals surface area (Å²) in [5.41, 5.74) is 0.254. The Bertz CT molecular complexity index is 409. The number of halogens is 1. The zero-order chi connectivity index (χ0) is 13.5. The van der Waals surface area contributed by atoms with Gasteiger partial charge in [0.25, 0.3) is 5.91 Å². The number of phenolic OH excluding ortho intramolecular Hbond substituents is 1. The fourth-order valence-corrected chi connectivity index (χ4v) is 1.80. The molecule has 0 radical (unpaired) electrons. The molecule has 0 fully saturated rings. The van der Waals surface area contributed by atoms with Crippen LogP contribution in [0.25, 0.3) is 0 Å². The maximum Gasteiger partial charge on any atom is 0.257 e. The van der Waals surface area contributed by atoms with Crippen LogP contribution < -0.4 is 0 Å². The lowest BCUT2D eigenvalue weighted by Gasteiger charge is -2.17. The summed E-state index contributed by atoms with van der Waals surface area (Å²) in [6.45, 7) is 0.774. The molecule has 0 aliphatic carbocycles. The molecule has 0 heterocycles. The van der Waals surface area contributed by atoms with Gasteiger partial charge in [-0.2, -0.15) is 0 Å². The van der Waals surface area contributed by atoms with Crippen molar-refractivity contribution in [3.63, 3.8) is 0 Å². The van der Waals surface area contributed by atoms with Crippen LogP contribution in [0.1, 0.15) is 29.6 Å². The zero-order valence-electron chi connectivity index (χ0n) is 10.4. The van der Waals surface area contributed by atoms with Crippen molar-refractivity contribution in [3.05, 3.63) is 28.8 Å². The molecule has 5 heteroatoms. The van der Waals surface area contributed by atoms with Gasteiger partial charge in [-0.3, -0.25) is 4.79 Å². The number of benzene rings is 1. The summed E-state index contributed by atoms with van der Waals surface area (Å²) in [4.78, 5) is 13.6. The molecular weight excluding hydrogens is 254 g/mol. The molecule has 0 bridgehead atoms. The van der Waals surface area contributed by atoms with Gasteiger partial charge in [0.1, 0.15) is 5.75 Å². The molecule has 0 aromatic heterocycles. The molecule has 0 unspecified atom stereocenters. The highest BCUT2D eigenvalue weighted by molar-refractivity contribution is 6.30. The number of aromatic hydroxyl groups is 1. The van der Waals surface area contributed by atoms with E-state index in [1.807, 2.05) is 0 Å². The number of nitrogens with zero attached hydrogens (tertiary/aromatic N) is 1. The number of carbonyl (C=O) groups excluding carboxylic acids is 1. The predicted octanol–water partition coefficient (Wildman–Crippen LogP) is 2.28. The summed E-state index contributed by atoms with van der Waals surface area (Å²) in [6, 6.07) is 4.45. The van der Waals surface area contributed by atoms with Gasteiger partial charge in [0, 0.05) is 25.2 Å². The van der Waals surface area contributed by atoms with Gasteiger partial charge in [-0.1, -0.05) is 11.6 Å². The van der Waals surface area contributed by atoms with E-state index < -0.39 is 0 Å². The van der Waals surface area contributed by atoms with Crippen molar-refractivity contribution in [2.45, 2.75) is 19.3 Å². The van der Waals surface area contributed by atoms with E-state index in [-0.39, 0.29) is 23.8 Å². The summed E-state index contributed by atoms with van der Waals surface area (Å²) in [6.07, 6.45) is 2.45. The number of hydrogen-bond donors (Lipinski definition) is 2. The minimum atomic E-state index is -0.229. The number of carbonyl (C=O) groups is 1. The van der Waals surface area contributed by atoms with Crippen molar-refractivity contribution in [2.75, 3.05) is 20.2 Å². The van der Waals surface area contributed by atoms with Crippen LogP contribution in [0, 0.1) is 0 Å². The predicted molar refractivity (Wildman–Crippen MR) is 71.0 cm³/mol. The average molecular weight is 272 g/mol. The summed E-state index contributed by atoms with van der Waals surface area (Å²) in [7, 11) is 1.69. The average Bonchev–Trinajstić information content (AvgIpc) is 2.33. The SMILES string of the molecule is CN(CCCCCO)C(=O)c1ccc(Cl)cc1O. The number of hydrogen-bond acceptors (Lipinski definition) is 3. The lowest BCUT2D eigenvalue weighted by atomic mass is 10.1. The molecule has 1 amide bonds. The second kappa shape index (κ2) is 7.24. The summed E-state index contributed by atoms with van der Waals surface area (Å²) in [5.74, 6) is -0.331. The van der Waals surface area contributed by atoms with Crippen molar-refractivity contribution in [2.24, 2.45) is 0 Å². The smallest absolute Gasteiger partial charge is 0.257 e. The van der Waals surface area contributed by atoms with E-state index in [9.17, 15) is 9.90 Å². The molecule has 0 spiro atoms. The van der Waals surface area contributed by atoms with Crippen molar-refractivity contribution in [1.82, 2.24) is 4.90 Å². The van der Waals surface area contributed by atoms with Crippen LogP contribution in [0.4, 0.5) is 0 Å². The number of rotatable bonds is 6. The number of phenols is 1. The quantitative estimate of drug-likeness (QED) is 0.781. The Hall–Kier alpha value is -1.26. The Morgan fingerprint density at radius 2 is 2.06 bits per heavy atom. The molecule has 1 rings (SSSR count). The largest absolute Gasteiger partial charge is 0.507 e. The van der Waals surface area contributed by atoms with Gasteiger partial charge in [0.2, 0.25) is 0 Å². The van der Waals surface area contributed by atoms with Gasteiger partial charge in [0.15, 0.2) is 0 Å². The number of amides is 1. The number of aliphatic hydroxyl groups is 1. The Morgan fingerprint density at radius 3 is 2.67 bits per heavy atom. The maximum absolute atomic E-state index is 12.0. The van der Waals surface area contributed by atoms with Gasteiger partial charge >= 0.3 is 0 Å². The third kappa shape index (κ3) is 4.20. The fourth-order valence-electron chi connectivity index (χ4n) is 1.63. The van der Waals surface area contributed by atoms with E-state index in [0.717, 1.165) is 19.3 Å². The minimum Gasteiger partial charge on any atom is -0.507 e. The summed E-state index contributed by atoms with van der Waals surface area (Å²) < 4.78 is 0. The van der Waals surface area contributed by atoms with Crippen LogP contribution in [0.3, 0.4) is 0 Å². The first-order valence-corrected chi connectivity index (χ1v) is 6.29. The van der Waals surface area contributed by atoms with E-state index in [1.165, 1.54) is 12.1 Å². The van der Waals surface area contributed by atoms with Crippen LogP contribution in [-0.2, 0) is 0 Å². The van der Waals surface area contributed by atoms with E-state index in [2.05, 4.69) is 0 Å². The topological polar surface area (TPSA) is 60.8 Å². The van der Waals surface area contributed by atoms with Gasteiger partial charge < -0.3 is 15.1 Å². The number of unbranched alkanes of at least 4 members (excludes halogenated alkanes) is 2. The molecule has 0 aliphatic rings. The van der Waals surface area contributed by atoms with Gasteiger partial charge in [0.05, 0.1) is 5.56 Å². The third-order valence-electron chi connectivity index (χ3n) is 2.69. The maximum atomic E-state index is 12.0. The van der Waals surface area contributed by atoms with Crippen LogP contribution in [0.5, 0.6) is 5.75 Å². The minimum absolute atomic E-state index is 0.102. The van der Waals surface area contributed by atoms with Gasteiger partial charge in [-0.05, 0) is 37.5 Å².